The van der Waals surface area contributed by atoms with Crippen molar-refractivity contribution in [2.75, 3.05) is 57.8 Å². The van der Waals surface area contributed by atoms with Crippen LogP contribution in [0.25, 0.3) is 0 Å². The number of carbonyl (C=O) groups excluding carboxylic acids is 1. The van der Waals surface area contributed by atoms with Gasteiger partial charge in [0, 0.05) is 58.5 Å². The van der Waals surface area contributed by atoms with Crippen LogP contribution in [0.3, 0.4) is 0 Å². The number of aliphatic imine (C=N–C) groups is 1. The van der Waals surface area contributed by atoms with Gasteiger partial charge in [-0.1, -0.05) is 0 Å². The number of sulfone groups is 1. The summed E-state index contributed by atoms with van der Waals surface area (Å²) in [4.78, 5) is 20.1. The van der Waals surface area contributed by atoms with Crippen molar-refractivity contribution in [2.24, 2.45) is 4.99 Å². The number of guanidine groups is 1. The summed E-state index contributed by atoms with van der Waals surface area (Å²) < 4.78 is 22.5. The highest BCUT2D eigenvalue weighted by molar-refractivity contribution is 14.0. The third kappa shape index (κ3) is 11.2. The molecule has 1 rings (SSSR count). The lowest BCUT2D eigenvalue weighted by Crippen LogP contribution is -2.48. The van der Waals surface area contributed by atoms with E-state index in [1.807, 2.05) is 18.7 Å². The first-order valence-electron chi connectivity index (χ1n) is 8.91. The Morgan fingerprint density at radius 1 is 1.23 bits per heavy atom. The van der Waals surface area contributed by atoms with Gasteiger partial charge in [-0.25, -0.2) is 8.42 Å². The molecular weight excluding hydrogens is 469 g/mol. The van der Waals surface area contributed by atoms with Crippen LogP contribution in [-0.4, -0.2) is 93.9 Å². The maximum absolute atomic E-state index is 11.3. The average Bonchev–Trinajstić information content (AvgIpc) is 2.53. The van der Waals surface area contributed by atoms with Crippen molar-refractivity contribution in [2.45, 2.75) is 33.2 Å². The molecule has 154 valence electrons. The first-order chi connectivity index (χ1) is 11.7. The van der Waals surface area contributed by atoms with Crippen molar-refractivity contribution in [1.82, 2.24) is 20.4 Å². The third-order valence-electron chi connectivity index (χ3n) is 4.15. The normalized spacial score (nSPS) is 17.4. The van der Waals surface area contributed by atoms with Crippen molar-refractivity contribution in [3.05, 3.63) is 0 Å². The highest BCUT2D eigenvalue weighted by Crippen LogP contribution is 2.01. The molecule has 10 heteroatoms. The smallest absolute Gasteiger partial charge is 0.219 e. The van der Waals surface area contributed by atoms with E-state index in [2.05, 4.69) is 20.5 Å². The molecule has 1 amide bonds. The van der Waals surface area contributed by atoms with E-state index in [4.69, 9.17) is 0 Å². The van der Waals surface area contributed by atoms with Crippen LogP contribution in [0, 0.1) is 0 Å². The molecule has 1 heterocycles. The molecule has 1 saturated heterocycles. The van der Waals surface area contributed by atoms with Gasteiger partial charge < -0.3 is 15.5 Å². The average molecular weight is 503 g/mol. The Kier molecular flexibility index (Phi) is 12.4. The number of nitrogens with zero attached hydrogens (tertiary/aromatic N) is 3. The van der Waals surface area contributed by atoms with E-state index < -0.39 is 9.84 Å². The second-order valence-corrected chi connectivity index (χ2v) is 8.83. The fraction of sp³-hybridized carbons (Fsp3) is 0.875. The fourth-order valence-electron chi connectivity index (χ4n) is 2.61. The summed E-state index contributed by atoms with van der Waals surface area (Å²) in [5, 5.41) is 6.44. The first kappa shape index (κ1) is 25.4. The maximum Gasteiger partial charge on any atom is 0.219 e. The van der Waals surface area contributed by atoms with Gasteiger partial charge in [-0.3, -0.25) is 14.7 Å². The summed E-state index contributed by atoms with van der Waals surface area (Å²) in [6, 6.07) is 0.0339. The maximum atomic E-state index is 11.3. The molecule has 0 aromatic carbocycles. The van der Waals surface area contributed by atoms with Crippen LogP contribution in [0.1, 0.15) is 27.2 Å². The van der Waals surface area contributed by atoms with E-state index in [-0.39, 0.29) is 41.7 Å². The zero-order valence-corrected chi connectivity index (χ0v) is 19.5. The number of amides is 1. The van der Waals surface area contributed by atoms with Gasteiger partial charge in [-0.15, -0.1) is 24.0 Å². The van der Waals surface area contributed by atoms with Crippen molar-refractivity contribution >= 4 is 45.7 Å². The second kappa shape index (κ2) is 12.7. The molecule has 2 N–H and O–H groups in total. The van der Waals surface area contributed by atoms with Crippen LogP contribution in [0.2, 0.25) is 0 Å². The Morgan fingerprint density at radius 3 is 2.35 bits per heavy atom. The van der Waals surface area contributed by atoms with Crippen LogP contribution < -0.4 is 10.6 Å². The highest BCUT2D eigenvalue weighted by Gasteiger charge is 2.17. The topological polar surface area (TPSA) is 94.1 Å². The molecular formula is C16H34IN5O3S. The zero-order chi connectivity index (χ0) is 18.9. The molecule has 0 radical (unpaired) electrons. The Labute approximate surface area is 175 Å². The number of hydrogen-bond donors (Lipinski definition) is 2. The largest absolute Gasteiger partial charge is 0.357 e. The minimum atomic E-state index is -2.94. The quantitative estimate of drug-likeness (QED) is 0.278. The second-order valence-electron chi connectivity index (χ2n) is 6.57. The molecule has 1 aliphatic heterocycles. The van der Waals surface area contributed by atoms with E-state index in [9.17, 15) is 13.2 Å². The van der Waals surface area contributed by atoms with Crippen molar-refractivity contribution in [3.8, 4) is 0 Å². The van der Waals surface area contributed by atoms with Crippen molar-refractivity contribution in [1.29, 1.82) is 0 Å². The monoisotopic (exact) mass is 503 g/mol. The predicted octanol–water partition coefficient (Wildman–Crippen LogP) is 0.147. The Morgan fingerprint density at radius 2 is 1.85 bits per heavy atom. The number of hydrogen-bond acceptors (Lipinski definition) is 5. The third-order valence-corrected chi connectivity index (χ3v) is 5.13. The number of halogens is 1. The molecule has 1 aliphatic rings. The molecule has 0 aliphatic carbocycles. The van der Waals surface area contributed by atoms with Crippen LogP contribution in [0.15, 0.2) is 4.99 Å². The minimum absolute atomic E-state index is 0. The summed E-state index contributed by atoms with van der Waals surface area (Å²) >= 11 is 0. The van der Waals surface area contributed by atoms with Gasteiger partial charge >= 0.3 is 0 Å². The summed E-state index contributed by atoms with van der Waals surface area (Å²) in [7, 11) is -2.94. The summed E-state index contributed by atoms with van der Waals surface area (Å²) in [6.07, 6.45) is 1.81. The molecule has 8 nitrogen and oxygen atoms in total. The SMILES string of the molecule is CCNC(=NCCN1CCN(C(C)=O)CC1)NC(C)CCS(C)(=O)=O.I. The van der Waals surface area contributed by atoms with Crippen LogP contribution >= 0.6 is 24.0 Å². The van der Waals surface area contributed by atoms with Gasteiger partial charge in [0.15, 0.2) is 5.96 Å². The zero-order valence-electron chi connectivity index (χ0n) is 16.3. The fourth-order valence-corrected chi connectivity index (χ4v) is 3.39. The van der Waals surface area contributed by atoms with Gasteiger partial charge in [-0.05, 0) is 20.3 Å². The Balaban J connectivity index is 0.00000625. The number of rotatable bonds is 8. The molecule has 1 atom stereocenters. The van der Waals surface area contributed by atoms with Crippen LogP contribution in [0.4, 0.5) is 0 Å². The first-order valence-corrected chi connectivity index (χ1v) is 11.0. The van der Waals surface area contributed by atoms with E-state index in [1.54, 1.807) is 6.92 Å². The Hall–Kier alpha value is -0.620. The van der Waals surface area contributed by atoms with Crippen LogP contribution in [0.5, 0.6) is 0 Å². The summed E-state index contributed by atoms with van der Waals surface area (Å²) in [5.74, 6) is 1.02. The standard InChI is InChI=1S/C16H33N5O3S.HI/c1-5-17-16(19-14(2)6-13-25(4,23)24)18-7-8-20-9-11-21(12-10-20)15(3)22;/h14H,5-13H2,1-4H3,(H2,17,18,19);1H. The number of nitrogens with one attached hydrogen (secondary N) is 2. The van der Waals surface area contributed by atoms with Gasteiger partial charge in [0.05, 0.1) is 12.3 Å². The molecule has 0 spiro atoms. The molecule has 0 saturated carbocycles. The van der Waals surface area contributed by atoms with E-state index in [0.717, 1.165) is 39.3 Å². The molecule has 26 heavy (non-hydrogen) atoms. The molecule has 0 aromatic rings. The lowest BCUT2D eigenvalue weighted by Gasteiger charge is -2.33. The van der Waals surface area contributed by atoms with Crippen molar-refractivity contribution in [3.63, 3.8) is 0 Å². The molecule has 0 bridgehead atoms. The number of carbonyl (C=O) groups is 1. The van der Waals surface area contributed by atoms with E-state index in [1.165, 1.54) is 6.26 Å². The van der Waals surface area contributed by atoms with E-state index >= 15 is 0 Å². The van der Waals surface area contributed by atoms with Gasteiger partial charge in [0.1, 0.15) is 9.84 Å². The van der Waals surface area contributed by atoms with Gasteiger partial charge in [-0.2, -0.15) is 0 Å². The molecule has 1 fully saturated rings. The van der Waals surface area contributed by atoms with Crippen LogP contribution in [-0.2, 0) is 14.6 Å². The van der Waals surface area contributed by atoms with Crippen molar-refractivity contribution < 1.29 is 13.2 Å². The molecule has 1 unspecified atom stereocenters. The Bertz CT molecular complexity index is 548. The summed E-state index contributed by atoms with van der Waals surface area (Å²) in [5.41, 5.74) is 0. The minimum Gasteiger partial charge on any atom is -0.357 e. The van der Waals surface area contributed by atoms with Gasteiger partial charge in [0.25, 0.3) is 0 Å². The van der Waals surface area contributed by atoms with Gasteiger partial charge in [0.2, 0.25) is 5.91 Å². The molecule has 0 aromatic heterocycles. The number of piperazine rings is 1. The van der Waals surface area contributed by atoms with E-state index in [0.29, 0.717) is 18.9 Å². The lowest BCUT2D eigenvalue weighted by molar-refractivity contribution is -0.130. The highest BCUT2D eigenvalue weighted by atomic mass is 127. The summed E-state index contributed by atoms with van der Waals surface area (Å²) in [6.45, 7) is 11.1. The predicted molar refractivity (Wildman–Crippen MR) is 117 cm³/mol. The lowest BCUT2D eigenvalue weighted by atomic mass is 10.3.